The van der Waals surface area contributed by atoms with E-state index in [9.17, 15) is 4.79 Å². The van der Waals surface area contributed by atoms with Gasteiger partial charge in [-0.05, 0) is 31.2 Å². The Labute approximate surface area is 158 Å². The molecule has 0 aliphatic rings. The van der Waals surface area contributed by atoms with E-state index < -0.39 is 0 Å². The lowest BCUT2D eigenvalue weighted by Gasteiger charge is -2.05. The number of ether oxygens (including phenoxy) is 1. The molecule has 0 fully saturated rings. The van der Waals surface area contributed by atoms with E-state index in [1.807, 2.05) is 55.5 Å². The molecular formula is C19H14ClN3O2S. The highest BCUT2D eigenvalue weighted by molar-refractivity contribution is 7.15. The Morgan fingerprint density at radius 3 is 2.73 bits per heavy atom. The largest absolute Gasteiger partial charge is 0.493 e. The number of fused-ring (bicyclic) bond motifs is 1. The van der Waals surface area contributed by atoms with Crippen LogP contribution >= 0.6 is 22.9 Å². The van der Waals surface area contributed by atoms with Crippen LogP contribution in [0.5, 0.6) is 5.75 Å². The molecule has 2 aromatic heterocycles. The lowest BCUT2D eigenvalue weighted by Crippen LogP contribution is -2.23. The van der Waals surface area contributed by atoms with Crippen LogP contribution in [0.3, 0.4) is 0 Å². The summed E-state index contributed by atoms with van der Waals surface area (Å²) in [6.07, 6.45) is 1.81. The van der Waals surface area contributed by atoms with Crippen LogP contribution in [-0.2, 0) is 0 Å². The second kappa shape index (κ2) is 6.90. The van der Waals surface area contributed by atoms with E-state index in [1.54, 1.807) is 6.07 Å². The van der Waals surface area contributed by atoms with Gasteiger partial charge in [-0.1, -0.05) is 53.3 Å². The van der Waals surface area contributed by atoms with Gasteiger partial charge in [-0.3, -0.25) is 4.79 Å². The normalized spacial score (nSPS) is 12.0. The molecule has 0 aliphatic heterocycles. The summed E-state index contributed by atoms with van der Waals surface area (Å²) in [6, 6.07) is 14.9. The number of halogens is 1. The van der Waals surface area contributed by atoms with E-state index in [1.165, 1.54) is 15.9 Å². The van der Waals surface area contributed by atoms with Crippen LogP contribution in [-0.4, -0.2) is 21.2 Å². The highest BCUT2D eigenvalue weighted by Crippen LogP contribution is 2.25. The first-order valence-electron chi connectivity index (χ1n) is 8.05. The average molecular weight is 384 g/mol. The summed E-state index contributed by atoms with van der Waals surface area (Å²) in [5, 5.41) is 4.88. The molecule has 130 valence electrons. The van der Waals surface area contributed by atoms with Crippen LogP contribution in [0.2, 0.25) is 5.02 Å². The zero-order valence-corrected chi connectivity index (χ0v) is 15.4. The van der Waals surface area contributed by atoms with Crippen molar-refractivity contribution in [3.05, 3.63) is 74.0 Å². The zero-order chi connectivity index (χ0) is 18.1. The Hall–Kier alpha value is -2.70. The molecule has 2 heterocycles. The third-order valence-electron chi connectivity index (χ3n) is 3.80. The SMILES string of the molecule is CCOc1ccccc1/C=c1/sc2nc(-c3ccccc3Cl)nn2c1=O. The zero-order valence-electron chi connectivity index (χ0n) is 13.8. The summed E-state index contributed by atoms with van der Waals surface area (Å²) in [6.45, 7) is 2.49. The number of para-hydroxylation sites is 1. The van der Waals surface area contributed by atoms with E-state index in [0.29, 0.717) is 32.5 Å². The van der Waals surface area contributed by atoms with Gasteiger partial charge in [0.15, 0.2) is 5.82 Å². The van der Waals surface area contributed by atoms with Crippen molar-refractivity contribution in [2.75, 3.05) is 6.61 Å². The second-order valence-electron chi connectivity index (χ2n) is 5.50. The van der Waals surface area contributed by atoms with Crippen molar-refractivity contribution in [3.63, 3.8) is 0 Å². The van der Waals surface area contributed by atoms with Gasteiger partial charge in [-0.15, -0.1) is 5.10 Å². The fourth-order valence-electron chi connectivity index (χ4n) is 2.62. The van der Waals surface area contributed by atoms with Crippen LogP contribution in [0.1, 0.15) is 12.5 Å². The molecule has 0 aliphatic carbocycles. The van der Waals surface area contributed by atoms with E-state index in [-0.39, 0.29) is 5.56 Å². The summed E-state index contributed by atoms with van der Waals surface area (Å²) in [4.78, 5) is 17.7. The summed E-state index contributed by atoms with van der Waals surface area (Å²) in [5.74, 6) is 1.19. The molecule has 0 unspecified atom stereocenters. The maximum Gasteiger partial charge on any atom is 0.291 e. The average Bonchev–Trinajstić information content (AvgIpc) is 3.17. The van der Waals surface area contributed by atoms with Crippen LogP contribution < -0.4 is 14.8 Å². The Balaban J connectivity index is 1.82. The molecule has 5 nitrogen and oxygen atoms in total. The van der Waals surface area contributed by atoms with Crippen molar-refractivity contribution >= 4 is 34.0 Å². The summed E-state index contributed by atoms with van der Waals surface area (Å²) >= 11 is 7.48. The highest BCUT2D eigenvalue weighted by atomic mass is 35.5. The van der Waals surface area contributed by atoms with Crippen LogP contribution in [0, 0.1) is 0 Å². The maximum absolute atomic E-state index is 12.7. The number of rotatable bonds is 4. The molecule has 0 amide bonds. The summed E-state index contributed by atoms with van der Waals surface area (Å²) in [7, 11) is 0. The topological polar surface area (TPSA) is 56.5 Å². The number of hydrogen-bond acceptors (Lipinski definition) is 5. The lowest BCUT2D eigenvalue weighted by molar-refractivity contribution is 0.339. The summed E-state index contributed by atoms with van der Waals surface area (Å²) < 4.78 is 7.48. The van der Waals surface area contributed by atoms with Gasteiger partial charge in [0.1, 0.15) is 5.75 Å². The fourth-order valence-corrected chi connectivity index (χ4v) is 3.74. The number of nitrogens with zero attached hydrogens (tertiary/aromatic N) is 3. The molecule has 0 radical (unpaired) electrons. The van der Waals surface area contributed by atoms with Gasteiger partial charge in [0.05, 0.1) is 16.2 Å². The minimum Gasteiger partial charge on any atom is -0.493 e. The maximum atomic E-state index is 12.7. The van der Waals surface area contributed by atoms with Gasteiger partial charge >= 0.3 is 0 Å². The molecule has 4 rings (SSSR count). The van der Waals surface area contributed by atoms with E-state index in [2.05, 4.69) is 10.1 Å². The Kier molecular flexibility index (Phi) is 4.44. The number of benzene rings is 2. The van der Waals surface area contributed by atoms with Crippen molar-refractivity contribution < 1.29 is 4.74 Å². The number of thiazole rings is 1. The third-order valence-corrected chi connectivity index (χ3v) is 5.09. The summed E-state index contributed by atoms with van der Waals surface area (Å²) in [5.41, 5.74) is 1.35. The molecular weight excluding hydrogens is 370 g/mol. The first-order valence-corrected chi connectivity index (χ1v) is 9.25. The minimum atomic E-state index is -0.206. The fraction of sp³-hybridized carbons (Fsp3) is 0.105. The first kappa shape index (κ1) is 16.8. The smallest absolute Gasteiger partial charge is 0.291 e. The predicted molar refractivity (Wildman–Crippen MR) is 104 cm³/mol. The van der Waals surface area contributed by atoms with Gasteiger partial charge in [0.2, 0.25) is 4.96 Å². The molecule has 7 heteroatoms. The monoisotopic (exact) mass is 383 g/mol. The Morgan fingerprint density at radius 2 is 1.96 bits per heavy atom. The molecule has 4 aromatic rings. The number of hydrogen-bond donors (Lipinski definition) is 0. The van der Waals surface area contributed by atoms with E-state index in [0.717, 1.165) is 11.3 Å². The quantitative estimate of drug-likeness (QED) is 0.542. The van der Waals surface area contributed by atoms with Crippen molar-refractivity contribution in [2.45, 2.75) is 6.92 Å². The van der Waals surface area contributed by atoms with E-state index in [4.69, 9.17) is 16.3 Å². The highest BCUT2D eigenvalue weighted by Gasteiger charge is 2.14. The molecule has 0 saturated carbocycles. The molecule has 0 bridgehead atoms. The minimum absolute atomic E-state index is 0.206. The van der Waals surface area contributed by atoms with Crippen molar-refractivity contribution in [3.8, 4) is 17.1 Å². The van der Waals surface area contributed by atoms with Gasteiger partial charge in [0, 0.05) is 11.1 Å². The molecule has 0 atom stereocenters. The lowest BCUT2D eigenvalue weighted by atomic mass is 10.2. The first-order chi connectivity index (χ1) is 12.7. The standard InChI is InChI=1S/C19H14ClN3O2S/c1-2-25-15-10-6-3-7-12(15)11-16-18(24)23-19(26-16)21-17(22-23)13-8-4-5-9-14(13)20/h3-11H,2H2,1H3/b16-11+. The van der Waals surface area contributed by atoms with Crippen LogP contribution in [0.4, 0.5) is 0 Å². The second-order valence-corrected chi connectivity index (χ2v) is 6.91. The molecule has 2 aromatic carbocycles. The van der Waals surface area contributed by atoms with Crippen LogP contribution in [0.15, 0.2) is 53.3 Å². The third kappa shape index (κ3) is 2.98. The van der Waals surface area contributed by atoms with Crippen molar-refractivity contribution in [1.82, 2.24) is 14.6 Å². The van der Waals surface area contributed by atoms with Crippen molar-refractivity contribution in [1.29, 1.82) is 0 Å². The van der Waals surface area contributed by atoms with E-state index >= 15 is 0 Å². The van der Waals surface area contributed by atoms with Gasteiger partial charge in [-0.25, -0.2) is 0 Å². The molecule has 0 N–H and O–H groups in total. The molecule has 26 heavy (non-hydrogen) atoms. The Bertz CT molecular complexity index is 1200. The number of aromatic nitrogens is 3. The Morgan fingerprint density at radius 1 is 1.19 bits per heavy atom. The molecule has 0 saturated heterocycles. The van der Waals surface area contributed by atoms with Gasteiger partial charge < -0.3 is 4.74 Å². The van der Waals surface area contributed by atoms with Crippen LogP contribution in [0.25, 0.3) is 22.4 Å². The molecule has 0 spiro atoms. The van der Waals surface area contributed by atoms with Crippen molar-refractivity contribution in [2.24, 2.45) is 0 Å². The van der Waals surface area contributed by atoms with Gasteiger partial charge in [0.25, 0.3) is 5.56 Å². The van der Waals surface area contributed by atoms with Gasteiger partial charge in [-0.2, -0.15) is 9.50 Å². The predicted octanol–water partition coefficient (Wildman–Crippen LogP) is 3.42.